The minimum atomic E-state index is 0.954. The first-order chi connectivity index (χ1) is 7.84. The van der Waals surface area contributed by atoms with Crippen LogP contribution in [0.15, 0.2) is 0 Å². The van der Waals surface area contributed by atoms with Crippen molar-refractivity contribution in [1.82, 2.24) is 10.2 Å². The van der Waals surface area contributed by atoms with Crippen LogP contribution in [0, 0.1) is 17.8 Å². The average Bonchev–Trinajstić information content (AvgIpc) is 3.13. The van der Waals surface area contributed by atoms with Crippen molar-refractivity contribution in [3.05, 3.63) is 0 Å². The Bertz CT molecular complexity index is 215. The molecule has 2 saturated carbocycles. The lowest BCUT2D eigenvalue weighted by Gasteiger charge is -2.33. The molecule has 0 aromatic heterocycles. The van der Waals surface area contributed by atoms with Crippen LogP contribution in [-0.2, 0) is 0 Å². The molecule has 0 amide bonds. The normalized spacial score (nSPS) is 27.9. The Morgan fingerprint density at radius 1 is 1.00 bits per heavy atom. The SMILES string of the molecule is CN(CC1CCNCC1)C(C1CC1)C1CC1. The molecule has 2 aliphatic carbocycles. The molecule has 1 aliphatic heterocycles. The number of rotatable bonds is 5. The third-order valence-corrected chi connectivity index (χ3v) is 4.72. The summed E-state index contributed by atoms with van der Waals surface area (Å²) in [6, 6.07) is 0.954. The lowest BCUT2D eigenvalue weighted by molar-refractivity contribution is 0.153. The summed E-state index contributed by atoms with van der Waals surface area (Å²) in [4.78, 5) is 2.73. The van der Waals surface area contributed by atoms with Gasteiger partial charge in [-0.3, -0.25) is 0 Å². The van der Waals surface area contributed by atoms with Crippen molar-refractivity contribution in [1.29, 1.82) is 0 Å². The molecule has 3 fully saturated rings. The first kappa shape index (κ1) is 11.0. The van der Waals surface area contributed by atoms with Crippen LogP contribution in [0.1, 0.15) is 38.5 Å². The summed E-state index contributed by atoms with van der Waals surface area (Å²) in [5.74, 6) is 3.10. The molecule has 3 rings (SSSR count). The quantitative estimate of drug-likeness (QED) is 0.766. The molecule has 0 aromatic carbocycles. The Labute approximate surface area is 99.8 Å². The summed E-state index contributed by atoms with van der Waals surface area (Å²) in [5.41, 5.74) is 0. The van der Waals surface area contributed by atoms with E-state index < -0.39 is 0 Å². The fraction of sp³-hybridized carbons (Fsp3) is 1.00. The third-order valence-electron chi connectivity index (χ3n) is 4.72. The summed E-state index contributed by atoms with van der Waals surface area (Å²) in [6.07, 6.45) is 8.84. The van der Waals surface area contributed by atoms with Crippen LogP contribution in [0.25, 0.3) is 0 Å². The van der Waals surface area contributed by atoms with E-state index in [2.05, 4.69) is 17.3 Å². The van der Waals surface area contributed by atoms with E-state index in [1.807, 2.05) is 0 Å². The second-order valence-corrected chi connectivity index (χ2v) is 6.30. The molecule has 1 heterocycles. The molecule has 0 radical (unpaired) electrons. The van der Waals surface area contributed by atoms with Gasteiger partial charge in [0.05, 0.1) is 0 Å². The highest BCUT2D eigenvalue weighted by atomic mass is 15.2. The van der Waals surface area contributed by atoms with E-state index in [1.54, 1.807) is 0 Å². The fourth-order valence-electron chi connectivity index (χ4n) is 3.57. The number of nitrogens with one attached hydrogen (secondary N) is 1. The van der Waals surface area contributed by atoms with Crippen molar-refractivity contribution < 1.29 is 0 Å². The third kappa shape index (κ3) is 2.60. The average molecular weight is 222 g/mol. The van der Waals surface area contributed by atoms with Crippen molar-refractivity contribution in [2.24, 2.45) is 17.8 Å². The zero-order valence-electron chi connectivity index (χ0n) is 10.6. The summed E-state index contributed by atoms with van der Waals surface area (Å²) in [7, 11) is 2.39. The van der Waals surface area contributed by atoms with Crippen LogP contribution in [0.2, 0.25) is 0 Å². The molecular weight excluding hydrogens is 196 g/mol. The zero-order valence-corrected chi connectivity index (χ0v) is 10.6. The minimum absolute atomic E-state index is 0.954. The predicted octanol–water partition coefficient (Wildman–Crippen LogP) is 2.11. The Balaban J connectivity index is 1.51. The molecule has 2 nitrogen and oxygen atoms in total. The Morgan fingerprint density at radius 2 is 1.56 bits per heavy atom. The van der Waals surface area contributed by atoms with Gasteiger partial charge < -0.3 is 10.2 Å². The Morgan fingerprint density at radius 3 is 2.06 bits per heavy atom. The highest BCUT2D eigenvalue weighted by molar-refractivity contribution is 4.97. The molecule has 0 unspecified atom stereocenters. The van der Waals surface area contributed by atoms with Gasteiger partial charge in [0.2, 0.25) is 0 Å². The van der Waals surface area contributed by atoms with Crippen LogP contribution in [-0.4, -0.2) is 37.6 Å². The van der Waals surface area contributed by atoms with E-state index in [4.69, 9.17) is 0 Å². The minimum Gasteiger partial charge on any atom is -0.317 e. The molecule has 92 valence electrons. The Kier molecular flexibility index (Phi) is 3.21. The first-order valence-electron chi connectivity index (χ1n) is 7.25. The summed E-state index contributed by atoms with van der Waals surface area (Å²) >= 11 is 0. The summed E-state index contributed by atoms with van der Waals surface area (Å²) in [5, 5.41) is 3.47. The number of nitrogens with zero attached hydrogens (tertiary/aromatic N) is 1. The van der Waals surface area contributed by atoms with Gasteiger partial charge in [0.1, 0.15) is 0 Å². The van der Waals surface area contributed by atoms with Gasteiger partial charge in [-0.25, -0.2) is 0 Å². The monoisotopic (exact) mass is 222 g/mol. The van der Waals surface area contributed by atoms with Crippen LogP contribution in [0.4, 0.5) is 0 Å². The molecule has 0 bridgehead atoms. The number of hydrogen-bond donors (Lipinski definition) is 1. The molecule has 1 N–H and O–H groups in total. The number of piperidine rings is 1. The van der Waals surface area contributed by atoms with Gasteiger partial charge in [-0.1, -0.05) is 0 Å². The second-order valence-electron chi connectivity index (χ2n) is 6.30. The molecule has 0 aromatic rings. The largest absolute Gasteiger partial charge is 0.317 e. The number of hydrogen-bond acceptors (Lipinski definition) is 2. The van der Waals surface area contributed by atoms with Gasteiger partial charge >= 0.3 is 0 Å². The van der Waals surface area contributed by atoms with Crippen molar-refractivity contribution in [2.45, 2.75) is 44.6 Å². The van der Waals surface area contributed by atoms with E-state index in [0.29, 0.717) is 0 Å². The van der Waals surface area contributed by atoms with Gasteiger partial charge in [0.15, 0.2) is 0 Å². The molecule has 0 atom stereocenters. The van der Waals surface area contributed by atoms with Gasteiger partial charge in [-0.2, -0.15) is 0 Å². The summed E-state index contributed by atoms with van der Waals surface area (Å²) < 4.78 is 0. The molecule has 3 aliphatic rings. The van der Waals surface area contributed by atoms with Gasteiger partial charge in [0, 0.05) is 12.6 Å². The molecule has 2 heteroatoms. The van der Waals surface area contributed by atoms with Gasteiger partial charge in [0.25, 0.3) is 0 Å². The highest BCUT2D eigenvalue weighted by Gasteiger charge is 2.43. The van der Waals surface area contributed by atoms with E-state index >= 15 is 0 Å². The lowest BCUT2D eigenvalue weighted by Crippen LogP contribution is -2.41. The lowest BCUT2D eigenvalue weighted by atomic mass is 9.96. The smallest absolute Gasteiger partial charge is 0.0149 e. The summed E-state index contributed by atoms with van der Waals surface area (Å²) in [6.45, 7) is 3.85. The maximum atomic E-state index is 3.47. The van der Waals surface area contributed by atoms with Crippen molar-refractivity contribution in [2.75, 3.05) is 26.7 Å². The van der Waals surface area contributed by atoms with E-state index in [0.717, 1.165) is 23.8 Å². The van der Waals surface area contributed by atoms with Crippen LogP contribution in [0.3, 0.4) is 0 Å². The highest BCUT2D eigenvalue weighted by Crippen LogP contribution is 2.47. The predicted molar refractivity (Wildman–Crippen MR) is 67.5 cm³/mol. The van der Waals surface area contributed by atoms with Gasteiger partial charge in [-0.15, -0.1) is 0 Å². The second kappa shape index (κ2) is 4.66. The zero-order chi connectivity index (χ0) is 11.0. The van der Waals surface area contributed by atoms with Crippen molar-refractivity contribution in [3.63, 3.8) is 0 Å². The standard InChI is InChI=1S/C14H26N2/c1-16(10-11-6-8-15-9-7-11)14(12-2-3-12)13-4-5-13/h11-15H,2-10H2,1H3. The van der Waals surface area contributed by atoms with E-state index in [1.165, 1.54) is 58.2 Å². The maximum absolute atomic E-state index is 3.47. The van der Waals surface area contributed by atoms with Gasteiger partial charge in [-0.05, 0) is 76.4 Å². The maximum Gasteiger partial charge on any atom is 0.0149 e. The topological polar surface area (TPSA) is 15.3 Å². The van der Waals surface area contributed by atoms with E-state index in [9.17, 15) is 0 Å². The van der Waals surface area contributed by atoms with Crippen LogP contribution >= 0.6 is 0 Å². The first-order valence-corrected chi connectivity index (χ1v) is 7.25. The molecule has 1 saturated heterocycles. The fourth-order valence-corrected chi connectivity index (χ4v) is 3.57. The molecular formula is C14H26N2. The van der Waals surface area contributed by atoms with Crippen molar-refractivity contribution >= 4 is 0 Å². The van der Waals surface area contributed by atoms with Crippen LogP contribution < -0.4 is 5.32 Å². The van der Waals surface area contributed by atoms with Crippen LogP contribution in [0.5, 0.6) is 0 Å². The van der Waals surface area contributed by atoms with Crippen molar-refractivity contribution in [3.8, 4) is 0 Å². The molecule has 0 spiro atoms. The van der Waals surface area contributed by atoms with E-state index in [-0.39, 0.29) is 0 Å². The molecule has 16 heavy (non-hydrogen) atoms. The Hall–Kier alpha value is -0.0800.